The van der Waals surface area contributed by atoms with Crippen molar-refractivity contribution in [3.8, 4) is 0 Å². The van der Waals surface area contributed by atoms with Crippen molar-refractivity contribution in [2.75, 3.05) is 11.9 Å². The monoisotopic (exact) mass is 321 g/mol. The predicted molar refractivity (Wildman–Crippen MR) is 83.4 cm³/mol. The number of carbonyl (C=O) groups is 1. The normalized spacial score (nSPS) is 26.9. The molecule has 0 aromatic heterocycles. The van der Waals surface area contributed by atoms with Crippen molar-refractivity contribution in [2.45, 2.75) is 51.2 Å². The van der Waals surface area contributed by atoms with E-state index in [0.717, 1.165) is 18.8 Å². The summed E-state index contributed by atoms with van der Waals surface area (Å²) in [7, 11) is 0. The molecule has 4 nitrogen and oxygen atoms in total. The molecule has 0 unspecified atom stereocenters. The van der Waals surface area contributed by atoms with Gasteiger partial charge in [-0.3, -0.25) is 0 Å². The fourth-order valence-corrected chi connectivity index (χ4v) is 4.46. The molecule has 0 radical (unpaired) electrons. The second-order valence-electron chi connectivity index (χ2n) is 7.41. The number of likely N-dealkylation sites (tertiary alicyclic amines) is 1. The van der Waals surface area contributed by atoms with Gasteiger partial charge in [-0.15, -0.1) is 0 Å². The number of nitrogens with one attached hydrogen (secondary N) is 2. The molecule has 6 heteroatoms. The van der Waals surface area contributed by atoms with Crippen LogP contribution >= 0.6 is 0 Å². The number of alkyl halides is 2. The molecule has 1 aromatic rings. The van der Waals surface area contributed by atoms with Gasteiger partial charge in [0.15, 0.2) is 0 Å². The van der Waals surface area contributed by atoms with Gasteiger partial charge in [-0.2, -0.15) is 0 Å². The van der Waals surface area contributed by atoms with Crippen molar-refractivity contribution in [3.05, 3.63) is 29.3 Å². The van der Waals surface area contributed by atoms with Gasteiger partial charge >= 0.3 is 6.03 Å². The summed E-state index contributed by atoms with van der Waals surface area (Å²) in [5.41, 5.74) is 2.85. The third-order valence-corrected chi connectivity index (χ3v) is 5.38. The summed E-state index contributed by atoms with van der Waals surface area (Å²) in [6.45, 7) is 4.06. The number of rotatable bonds is 1. The Morgan fingerprint density at radius 3 is 2.78 bits per heavy atom. The largest absolute Gasteiger partial charge is 0.322 e. The lowest BCUT2D eigenvalue weighted by Crippen LogP contribution is -2.48. The van der Waals surface area contributed by atoms with Crippen LogP contribution in [0, 0.1) is 5.41 Å². The maximum Gasteiger partial charge on any atom is 0.322 e. The molecule has 1 saturated heterocycles. The molecule has 0 bridgehead atoms. The zero-order valence-electron chi connectivity index (χ0n) is 13.2. The van der Waals surface area contributed by atoms with Gasteiger partial charge in [-0.05, 0) is 36.6 Å². The van der Waals surface area contributed by atoms with Crippen molar-refractivity contribution in [1.82, 2.24) is 10.2 Å². The van der Waals surface area contributed by atoms with Gasteiger partial charge in [0.1, 0.15) is 0 Å². The number of amides is 2. The summed E-state index contributed by atoms with van der Waals surface area (Å²) >= 11 is 0. The van der Waals surface area contributed by atoms with E-state index in [2.05, 4.69) is 10.6 Å². The highest BCUT2D eigenvalue weighted by molar-refractivity contribution is 5.90. The van der Waals surface area contributed by atoms with Crippen molar-refractivity contribution < 1.29 is 13.6 Å². The molecule has 2 N–H and O–H groups in total. The lowest BCUT2D eigenvalue weighted by Gasteiger charge is -2.44. The molecule has 2 amide bonds. The van der Waals surface area contributed by atoms with Crippen molar-refractivity contribution in [3.63, 3.8) is 0 Å². The van der Waals surface area contributed by atoms with Crippen LogP contribution in [-0.2, 0) is 13.1 Å². The molecule has 23 heavy (non-hydrogen) atoms. The van der Waals surface area contributed by atoms with E-state index in [1.165, 1.54) is 11.1 Å². The second-order valence-corrected chi connectivity index (χ2v) is 7.41. The van der Waals surface area contributed by atoms with Crippen LogP contribution in [0.1, 0.15) is 37.3 Å². The maximum absolute atomic E-state index is 13.2. The van der Waals surface area contributed by atoms with E-state index in [1.54, 1.807) is 4.90 Å². The van der Waals surface area contributed by atoms with Crippen molar-refractivity contribution >= 4 is 11.7 Å². The molecule has 1 atom stereocenters. The SMILES string of the molecule is C[C@H]1CC2(CN1C(=O)Nc1ccc3c(c1)CNC3)CC(F)(F)C2. The van der Waals surface area contributed by atoms with E-state index >= 15 is 0 Å². The smallest absolute Gasteiger partial charge is 0.321 e. The molecule has 1 aromatic carbocycles. The molecule has 2 fully saturated rings. The van der Waals surface area contributed by atoms with Gasteiger partial charge in [0, 0.05) is 49.6 Å². The summed E-state index contributed by atoms with van der Waals surface area (Å²) in [5.74, 6) is -2.54. The summed E-state index contributed by atoms with van der Waals surface area (Å²) in [5, 5.41) is 6.19. The molecule has 2 aliphatic heterocycles. The zero-order valence-corrected chi connectivity index (χ0v) is 13.2. The Morgan fingerprint density at radius 2 is 2.04 bits per heavy atom. The van der Waals surface area contributed by atoms with E-state index in [-0.39, 0.29) is 30.3 Å². The number of halogens is 2. The number of fused-ring (bicyclic) bond motifs is 1. The summed E-state index contributed by atoms with van der Waals surface area (Å²) in [6.07, 6.45) is 0.501. The van der Waals surface area contributed by atoms with Gasteiger partial charge < -0.3 is 15.5 Å². The number of anilines is 1. The van der Waals surface area contributed by atoms with Crippen LogP contribution in [0.25, 0.3) is 0 Å². The number of urea groups is 1. The number of benzene rings is 1. The van der Waals surface area contributed by atoms with E-state index in [4.69, 9.17) is 0 Å². The highest BCUT2D eigenvalue weighted by Crippen LogP contribution is 2.57. The first-order chi connectivity index (χ1) is 10.9. The number of hydrogen-bond acceptors (Lipinski definition) is 2. The van der Waals surface area contributed by atoms with Crippen LogP contribution in [0.5, 0.6) is 0 Å². The third-order valence-electron chi connectivity index (χ3n) is 5.38. The highest BCUT2D eigenvalue weighted by Gasteiger charge is 2.60. The Balaban J connectivity index is 1.43. The first-order valence-corrected chi connectivity index (χ1v) is 8.14. The fourth-order valence-electron chi connectivity index (χ4n) is 4.46. The quantitative estimate of drug-likeness (QED) is 0.833. The number of hydrogen-bond donors (Lipinski definition) is 2. The summed E-state index contributed by atoms with van der Waals surface area (Å²) < 4.78 is 26.5. The Bertz CT molecular complexity index is 653. The molecule has 1 spiro atoms. The first-order valence-electron chi connectivity index (χ1n) is 8.14. The summed E-state index contributed by atoms with van der Waals surface area (Å²) in [6, 6.07) is 5.73. The fraction of sp³-hybridized carbons (Fsp3) is 0.588. The van der Waals surface area contributed by atoms with Crippen LogP contribution in [0.3, 0.4) is 0 Å². The molecule has 1 saturated carbocycles. The van der Waals surface area contributed by atoms with Crippen LogP contribution in [0.15, 0.2) is 18.2 Å². The molecule has 4 rings (SSSR count). The highest BCUT2D eigenvalue weighted by atomic mass is 19.3. The lowest BCUT2D eigenvalue weighted by atomic mass is 9.65. The average Bonchev–Trinajstić information content (AvgIpc) is 3.01. The van der Waals surface area contributed by atoms with Gasteiger partial charge in [0.25, 0.3) is 0 Å². The van der Waals surface area contributed by atoms with E-state index in [0.29, 0.717) is 13.0 Å². The second kappa shape index (κ2) is 4.90. The summed E-state index contributed by atoms with van der Waals surface area (Å²) in [4.78, 5) is 14.2. The van der Waals surface area contributed by atoms with Gasteiger partial charge in [0.2, 0.25) is 5.92 Å². The predicted octanol–water partition coefficient (Wildman–Crippen LogP) is 3.33. The van der Waals surface area contributed by atoms with Crippen molar-refractivity contribution in [2.24, 2.45) is 5.41 Å². The Hall–Kier alpha value is -1.69. The standard InChI is InChI=1S/C17H21F2N3O/c1-11-5-16(8-17(18,19)9-16)10-22(11)15(23)21-14-3-2-12-6-20-7-13(12)4-14/h2-4,11,20H,5-10H2,1H3,(H,21,23)/t11-/m0/s1. The number of nitrogens with zero attached hydrogens (tertiary/aromatic N) is 1. The zero-order chi connectivity index (χ0) is 16.2. The molecular weight excluding hydrogens is 300 g/mol. The molecule has 1 aliphatic carbocycles. The van der Waals surface area contributed by atoms with E-state index in [1.807, 2.05) is 25.1 Å². The van der Waals surface area contributed by atoms with Crippen LogP contribution < -0.4 is 10.6 Å². The van der Waals surface area contributed by atoms with E-state index < -0.39 is 5.92 Å². The molecule has 2 heterocycles. The number of carbonyl (C=O) groups excluding carboxylic acids is 1. The van der Waals surface area contributed by atoms with Gasteiger partial charge in [-0.25, -0.2) is 13.6 Å². The molecular formula is C17H21F2N3O. The van der Waals surface area contributed by atoms with Crippen LogP contribution in [-0.4, -0.2) is 29.4 Å². The van der Waals surface area contributed by atoms with Gasteiger partial charge in [0.05, 0.1) is 0 Å². The van der Waals surface area contributed by atoms with E-state index in [9.17, 15) is 13.6 Å². The molecule has 124 valence electrons. The Morgan fingerprint density at radius 1 is 1.30 bits per heavy atom. The first kappa shape index (κ1) is 14.9. The van der Waals surface area contributed by atoms with Gasteiger partial charge in [-0.1, -0.05) is 6.07 Å². The average molecular weight is 321 g/mol. The van der Waals surface area contributed by atoms with Crippen LogP contribution in [0.2, 0.25) is 0 Å². The minimum absolute atomic E-state index is 0.00203. The topological polar surface area (TPSA) is 44.4 Å². The maximum atomic E-state index is 13.2. The lowest BCUT2D eigenvalue weighted by molar-refractivity contribution is -0.155. The minimum atomic E-state index is -2.54. The molecule has 3 aliphatic rings. The third kappa shape index (κ3) is 2.59. The van der Waals surface area contributed by atoms with Crippen LogP contribution in [0.4, 0.5) is 19.3 Å². The Kier molecular flexibility index (Phi) is 3.17. The minimum Gasteiger partial charge on any atom is -0.321 e. The Labute approximate surface area is 134 Å². The van der Waals surface area contributed by atoms with Crippen molar-refractivity contribution in [1.29, 1.82) is 0 Å².